The lowest BCUT2D eigenvalue weighted by molar-refractivity contribution is -0.131. The molecule has 9 heteroatoms. The smallest absolute Gasteiger partial charge is 0.243 e. The molecule has 7 nitrogen and oxygen atoms in total. The summed E-state index contributed by atoms with van der Waals surface area (Å²) in [4.78, 5) is 17.4. The molecule has 0 spiro atoms. The lowest BCUT2D eigenvalue weighted by atomic mass is 10.1. The Kier molecular flexibility index (Phi) is 8.18. The van der Waals surface area contributed by atoms with Gasteiger partial charge in [0.25, 0.3) is 0 Å². The summed E-state index contributed by atoms with van der Waals surface area (Å²) in [5.41, 5.74) is 2.80. The zero-order valence-electron chi connectivity index (χ0n) is 20.4. The summed E-state index contributed by atoms with van der Waals surface area (Å²) in [5.74, 6) is 0.566. The minimum absolute atomic E-state index is 0.102. The summed E-state index contributed by atoms with van der Waals surface area (Å²) in [6, 6.07) is 21.4. The van der Waals surface area contributed by atoms with Crippen LogP contribution in [0.3, 0.4) is 0 Å². The largest absolute Gasteiger partial charge is 0.495 e. The molecule has 36 heavy (non-hydrogen) atoms. The van der Waals surface area contributed by atoms with E-state index in [1.807, 2.05) is 55.5 Å². The molecule has 190 valence electrons. The number of sulfonamides is 1. The number of carbonyl (C=O) groups is 1. The van der Waals surface area contributed by atoms with E-state index in [1.54, 1.807) is 24.1 Å². The van der Waals surface area contributed by atoms with Gasteiger partial charge in [-0.15, -0.1) is 0 Å². The number of nitrogens with zero attached hydrogens (tertiary/aromatic N) is 3. The lowest BCUT2D eigenvalue weighted by Crippen LogP contribution is -2.51. The van der Waals surface area contributed by atoms with Crippen LogP contribution in [-0.4, -0.2) is 63.4 Å². The van der Waals surface area contributed by atoms with Gasteiger partial charge in [-0.1, -0.05) is 48.0 Å². The quantitative estimate of drug-likeness (QED) is 0.439. The molecule has 3 aromatic carbocycles. The van der Waals surface area contributed by atoms with Crippen molar-refractivity contribution < 1.29 is 17.9 Å². The number of aryl methyl sites for hydroxylation is 1. The molecule has 0 aliphatic carbocycles. The van der Waals surface area contributed by atoms with Crippen LogP contribution in [0.2, 0.25) is 5.02 Å². The highest BCUT2D eigenvalue weighted by molar-refractivity contribution is 7.89. The van der Waals surface area contributed by atoms with Crippen LogP contribution in [0.15, 0.2) is 77.7 Å². The summed E-state index contributed by atoms with van der Waals surface area (Å²) in [6.07, 6.45) is 0. The zero-order chi connectivity index (χ0) is 25.7. The van der Waals surface area contributed by atoms with Gasteiger partial charge in [0.15, 0.2) is 0 Å². The molecule has 0 radical (unpaired) electrons. The van der Waals surface area contributed by atoms with Crippen LogP contribution in [-0.2, 0) is 21.4 Å². The molecule has 0 unspecified atom stereocenters. The molecule has 3 aromatic rings. The highest BCUT2D eigenvalue weighted by Gasteiger charge is 2.30. The first-order valence-electron chi connectivity index (χ1n) is 11.8. The Morgan fingerprint density at radius 2 is 1.58 bits per heavy atom. The molecular weight excluding hydrogens is 498 g/mol. The van der Waals surface area contributed by atoms with E-state index in [-0.39, 0.29) is 23.9 Å². The van der Waals surface area contributed by atoms with Gasteiger partial charge in [0.05, 0.1) is 24.2 Å². The van der Waals surface area contributed by atoms with Crippen LogP contribution < -0.4 is 9.64 Å². The molecule has 0 bridgehead atoms. The van der Waals surface area contributed by atoms with Gasteiger partial charge in [-0.3, -0.25) is 4.79 Å². The third kappa shape index (κ3) is 5.83. The number of amides is 1. The van der Waals surface area contributed by atoms with Crippen molar-refractivity contribution in [2.24, 2.45) is 0 Å². The number of halogens is 1. The predicted molar refractivity (Wildman–Crippen MR) is 142 cm³/mol. The Balaban J connectivity index is 1.51. The second kappa shape index (κ2) is 11.3. The van der Waals surface area contributed by atoms with Gasteiger partial charge in [-0.05, 0) is 54.4 Å². The third-order valence-electron chi connectivity index (χ3n) is 6.43. The molecule has 1 aliphatic heterocycles. The van der Waals surface area contributed by atoms with E-state index in [4.69, 9.17) is 16.3 Å². The first-order valence-corrected chi connectivity index (χ1v) is 13.6. The summed E-state index contributed by atoms with van der Waals surface area (Å²) < 4.78 is 33.9. The lowest BCUT2D eigenvalue weighted by Gasteiger charge is -2.37. The van der Waals surface area contributed by atoms with Gasteiger partial charge >= 0.3 is 0 Å². The fraction of sp³-hybridized carbons (Fsp3) is 0.296. The van der Waals surface area contributed by atoms with Crippen molar-refractivity contribution in [2.75, 3.05) is 44.7 Å². The molecule has 1 saturated heterocycles. The van der Waals surface area contributed by atoms with Crippen molar-refractivity contribution in [3.63, 3.8) is 0 Å². The van der Waals surface area contributed by atoms with Crippen LogP contribution >= 0.6 is 11.6 Å². The first kappa shape index (κ1) is 26.0. The van der Waals surface area contributed by atoms with E-state index >= 15 is 0 Å². The highest BCUT2D eigenvalue weighted by atomic mass is 35.5. The standard InChI is InChI=1S/C27H30ClN3O4S/c1-21-7-3-4-8-22(21)19-31(36(33,34)24-13-11-23(28)12-14-24)20-27(32)30-17-15-29(16-18-30)25-9-5-6-10-26(25)35-2/h3-14H,15-20H2,1-2H3. The van der Waals surface area contributed by atoms with Gasteiger partial charge in [-0.2, -0.15) is 4.31 Å². The fourth-order valence-corrected chi connectivity index (χ4v) is 5.79. The Labute approximate surface area is 217 Å². The average molecular weight is 528 g/mol. The molecule has 1 heterocycles. The number of methoxy groups -OCH3 is 1. The fourth-order valence-electron chi connectivity index (χ4n) is 4.30. The maximum Gasteiger partial charge on any atom is 0.243 e. The normalized spacial score (nSPS) is 14.2. The monoisotopic (exact) mass is 527 g/mol. The first-order chi connectivity index (χ1) is 17.3. The maximum atomic E-state index is 13.6. The van der Waals surface area contributed by atoms with Gasteiger partial charge in [0, 0.05) is 37.7 Å². The second-order valence-electron chi connectivity index (χ2n) is 8.69. The molecule has 0 N–H and O–H groups in total. The number of hydrogen-bond acceptors (Lipinski definition) is 5. The number of para-hydroxylation sites is 2. The molecular formula is C27H30ClN3O4S. The van der Waals surface area contributed by atoms with Crippen LogP contribution in [0, 0.1) is 6.92 Å². The Hall–Kier alpha value is -3.07. The minimum Gasteiger partial charge on any atom is -0.495 e. The van der Waals surface area contributed by atoms with Gasteiger partial charge in [-0.25, -0.2) is 8.42 Å². The van der Waals surface area contributed by atoms with E-state index in [9.17, 15) is 13.2 Å². The van der Waals surface area contributed by atoms with E-state index in [2.05, 4.69) is 4.90 Å². The van der Waals surface area contributed by atoms with Crippen LogP contribution in [0.25, 0.3) is 0 Å². The van der Waals surface area contributed by atoms with Crippen molar-refractivity contribution in [1.29, 1.82) is 0 Å². The number of hydrogen-bond donors (Lipinski definition) is 0. The van der Waals surface area contributed by atoms with Crippen molar-refractivity contribution in [3.8, 4) is 5.75 Å². The van der Waals surface area contributed by atoms with Gasteiger partial charge in [0.1, 0.15) is 5.75 Å². The molecule has 1 aliphatic rings. The Morgan fingerprint density at radius 1 is 0.944 bits per heavy atom. The summed E-state index contributed by atoms with van der Waals surface area (Å²) in [7, 11) is -2.29. The van der Waals surface area contributed by atoms with Crippen LogP contribution in [0.5, 0.6) is 5.75 Å². The summed E-state index contributed by atoms with van der Waals surface area (Å²) >= 11 is 5.97. The third-order valence-corrected chi connectivity index (χ3v) is 8.49. The van der Waals surface area contributed by atoms with E-state index in [0.717, 1.165) is 22.6 Å². The number of carbonyl (C=O) groups excluding carboxylic acids is 1. The Bertz CT molecular complexity index is 1310. The topological polar surface area (TPSA) is 70.2 Å². The van der Waals surface area contributed by atoms with Crippen molar-refractivity contribution in [1.82, 2.24) is 9.21 Å². The molecule has 4 rings (SSSR count). The van der Waals surface area contributed by atoms with E-state index in [0.29, 0.717) is 31.2 Å². The minimum atomic E-state index is -3.93. The van der Waals surface area contributed by atoms with Gasteiger partial charge < -0.3 is 14.5 Å². The molecule has 1 amide bonds. The van der Waals surface area contributed by atoms with E-state index in [1.165, 1.54) is 16.4 Å². The number of piperazine rings is 1. The molecule has 0 atom stereocenters. The van der Waals surface area contributed by atoms with Crippen molar-refractivity contribution >= 4 is 33.2 Å². The maximum absolute atomic E-state index is 13.6. The average Bonchev–Trinajstić information content (AvgIpc) is 2.89. The van der Waals surface area contributed by atoms with Crippen LogP contribution in [0.1, 0.15) is 11.1 Å². The predicted octanol–water partition coefficient (Wildman–Crippen LogP) is 4.20. The van der Waals surface area contributed by atoms with Crippen LogP contribution in [0.4, 0.5) is 5.69 Å². The summed E-state index contributed by atoms with van der Waals surface area (Å²) in [5, 5.41) is 0.448. The van der Waals surface area contributed by atoms with Gasteiger partial charge in [0.2, 0.25) is 15.9 Å². The number of benzene rings is 3. The second-order valence-corrected chi connectivity index (χ2v) is 11.1. The van der Waals surface area contributed by atoms with Crippen molar-refractivity contribution in [3.05, 3.63) is 88.9 Å². The van der Waals surface area contributed by atoms with E-state index < -0.39 is 10.0 Å². The zero-order valence-corrected chi connectivity index (χ0v) is 22.0. The number of rotatable bonds is 8. The van der Waals surface area contributed by atoms with Crippen molar-refractivity contribution in [2.45, 2.75) is 18.4 Å². The molecule has 0 aromatic heterocycles. The number of ether oxygens (including phenoxy) is 1. The molecule has 0 saturated carbocycles. The summed E-state index contributed by atoms with van der Waals surface area (Å²) in [6.45, 7) is 4.05. The number of anilines is 1. The Morgan fingerprint density at radius 3 is 2.25 bits per heavy atom. The highest BCUT2D eigenvalue weighted by Crippen LogP contribution is 2.28. The molecule has 1 fully saturated rings. The SMILES string of the molecule is COc1ccccc1N1CCN(C(=O)CN(Cc2ccccc2C)S(=O)(=O)c2ccc(Cl)cc2)CC1.